The highest BCUT2D eigenvalue weighted by Crippen LogP contribution is 2.21. The van der Waals surface area contributed by atoms with Crippen LogP contribution in [-0.2, 0) is 11.3 Å². The number of carbonyl (C=O) groups is 2. The molecule has 2 aromatic rings. The van der Waals surface area contributed by atoms with Crippen LogP contribution in [0.3, 0.4) is 0 Å². The van der Waals surface area contributed by atoms with Crippen LogP contribution in [0.1, 0.15) is 23.1 Å². The fourth-order valence-electron chi connectivity index (χ4n) is 4.39. The first-order valence-corrected chi connectivity index (χ1v) is 10.7. The molecule has 6 heteroatoms. The summed E-state index contributed by atoms with van der Waals surface area (Å²) in [5.41, 5.74) is 4.20. The molecule has 2 heterocycles. The monoisotopic (exact) mass is 406 g/mol. The zero-order valence-corrected chi connectivity index (χ0v) is 17.8. The lowest BCUT2D eigenvalue weighted by Gasteiger charge is -2.40. The van der Waals surface area contributed by atoms with E-state index in [0.717, 1.165) is 42.9 Å². The lowest BCUT2D eigenvalue weighted by atomic mass is 10.1. The van der Waals surface area contributed by atoms with Gasteiger partial charge in [0.1, 0.15) is 6.04 Å². The highest BCUT2D eigenvalue weighted by Gasteiger charge is 2.38. The molecule has 1 N–H and O–H groups in total. The van der Waals surface area contributed by atoms with Crippen molar-refractivity contribution in [2.75, 3.05) is 38.0 Å². The summed E-state index contributed by atoms with van der Waals surface area (Å²) < 4.78 is 0. The highest BCUT2D eigenvalue weighted by atomic mass is 16.2. The van der Waals surface area contributed by atoms with Gasteiger partial charge in [-0.1, -0.05) is 48.0 Å². The van der Waals surface area contributed by atoms with Crippen molar-refractivity contribution in [2.24, 2.45) is 0 Å². The Morgan fingerprint density at radius 1 is 1.03 bits per heavy atom. The number of anilines is 1. The maximum Gasteiger partial charge on any atom is 0.321 e. The van der Waals surface area contributed by atoms with E-state index in [4.69, 9.17) is 0 Å². The fraction of sp³-hybridized carbons (Fsp3) is 0.417. The van der Waals surface area contributed by atoms with E-state index in [1.54, 1.807) is 4.90 Å². The van der Waals surface area contributed by atoms with E-state index in [9.17, 15) is 9.59 Å². The Labute approximate surface area is 178 Å². The molecule has 4 rings (SSSR count). The molecule has 1 atom stereocenters. The van der Waals surface area contributed by atoms with Gasteiger partial charge in [-0.15, -0.1) is 0 Å². The molecule has 2 fully saturated rings. The number of rotatable bonds is 3. The number of piperazine rings is 1. The number of para-hydroxylation sites is 1. The van der Waals surface area contributed by atoms with Crippen molar-refractivity contribution in [3.05, 3.63) is 65.2 Å². The minimum atomic E-state index is -0.270. The van der Waals surface area contributed by atoms with E-state index >= 15 is 0 Å². The second kappa shape index (κ2) is 8.88. The number of aryl methyl sites for hydroxylation is 2. The number of nitrogens with one attached hydrogen (secondary N) is 1. The number of hydrogen-bond donors (Lipinski definition) is 1. The number of amides is 3. The fourth-order valence-corrected chi connectivity index (χ4v) is 4.39. The van der Waals surface area contributed by atoms with Gasteiger partial charge >= 0.3 is 6.03 Å². The topological polar surface area (TPSA) is 55.9 Å². The molecule has 2 aliphatic heterocycles. The summed E-state index contributed by atoms with van der Waals surface area (Å²) >= 11 is 0. The van der Waals surface area contributed by atoms with Gasteiger partial charge in [0.2, 0.25) is 5.91 Å². The van der Waals surface area contributed by atoms with Crippen molar-refractivity contribution >= 4 is 17.6 Å². The minimum Gasteiger partial charge on any atom is -0.336 e. The van der Waals surface area contributed by atoms with E-state index in [0.29, 0.717) is 19.6 Å². The quantitative estimate of drug-likeness (QED) is 0.851. The van der Waals surface area contributed by atoms with Crippen molar-refractivity contribution in [2.45, 2.75) is 32.9 Å². The first-order chi connectivity index (χ1) is 14.5. The molecule has 158 valence electrons. The molecular weight excluding hydrogens is 376 g/mol. The van der Waals surface area contributed by atoms with Gasteiger partial charge in [-0.2, -0.15) is 0 Å². The van der Waals surface area contributed by atoms with Gasteiger partial charge in [0.05, 0.1) is 0 Å². The Hall–Kier alpha value is -2.86. The van der Waals surface area contributed by atoms with Gasteiger partial charge in [0.15, 0.2) is 0 Å². The molecule has 0 radical (unpaired) electrons. The average molecular weight is 407 g/mol. The summed E-state index contributed by atoms with van der Waals surface area (Å²) in [4.78, 5) is 32.2. The lowest BCUT2D eigenvalue weighted by molar-refractivity contribution is -0.142. The van der Waals surface area contributed by atoms with E-state index in [-0.39, 0.29) is 18.0 Å². The van der Waals surface area contributed by atoms with Crippen molar-refractivity contribution in [1.29, 1.82) is 0 Å². The van der Waals surface area contributed by atoms with E-state index in [1.807, 2.05) is 42.2 Å². The summed E-state index contributed by atoms with van der Waals surface area (Å²) in [6.45, 7) is 8.21. The number of urea groups is 1. The second-order valence-corrected chi connectivity index (χ2v) is 8.35. The number of hydrogen-bond acceptors (Lipinski definition) is 3. The lowest BCUT2D eigenvalue weighted by Crippen LogP contribution is -2.59. The van der Waals surface area contributed by atoms with E-state index in [1.165, 1.54) is 5.56 Å². The standard InChI is InChI=1S/C24H30N4O2/c1-18-7-5-9-20(15-18)16-27-14-13-26-11-6-12-28(17-22(26)23(27)29)24(30)25-21-10-4-3-8-19(21)2/h3-5,7-10,15,22H,6,11-14,16-17H2,1-2H3,(H,25,30). The Morgan fingerprint density at radius 3 is 2.67 bits per heavy atom. The predicted molar refractivity (Wildman–Crippen MR) is 118 cm³/mol. The van der Waals surface area contributed by atoms with Crippen LogP contribution in [0.15, 0.2) is 48.5 Å². The third-order valence-corrected chi connectivity index (χ3v) is 6.09. The number of nitrogens with zero attached hydrogens (tertiary/aromatic N) is 3. The third kappa shape index (κ3) is 4.49. The smallest absolute Gasteiger partial charge is 0.321 e. The number of fused-ring (bicyclic) bond motifs is 1. The summed E-state index contributed by atoms with van der Waals surface area (Å²) in [5.74, 6) is 0.123. The van der Waals surface area contributed by atoms with Gasteiger partial charge in [-0.25, -0.2) is 4.79 Å². The van der Waals surface area contributed by atoms with Gasteiger partial charge in [-0.3, -0.25) is 9.69 Å². The van der Waals surface area contributed by atoms with Crippen LogP contribution < -0.4 is 5.32 Å². The van der Waals surface area contributed by atoms with Crippen LogP contribution in [0, 0.1) is 13.8 Å². The molecule has 1 unspecified atom stereocenters. The zero-order valence-electron chi connectivity index (χ0n) is 17.8. The second-order valence-electron chi connectivity index (χ2n) is 8.35. The Balaban J connectivity index is 1.45. The first-order valence-electron chi connectivity index (χ1n) is 10.7. The number of carbonyl (C=O) groups excluding carboxylic acids is 2. The van der Waals surface area contributed by atoms with Crippen molar-refractivity contribution in [1.82, 2.24) is 14.7 Å². The Morgan fingerprint density at radius 2 is 1.87 bits per heavy atom. The highest BCUT2D eigenvalue weighted by molar-refractivity contribution is 5.91. The molecule has 2 aromatic carbocycles. The first kappa shape index (κ1) is 20.4. The predicted octanol–water partition coefficient (Wildman–Crippen LogP) is 3.25. The summed E-state index contributed by atoms with van der Waals surface area (Å²) in [7, 11) is 0. The maximum absolute atomic E-state index is 13.3. The SMILES string of the molecule is Cc1cccc(CN2CCN3CCCN(C(=O)Nc4ccccc4C)CC3C2=O)c1. The molecule has 2 saturated heterocycles. The largest absolute Gasteiger partial charge is 0.336 e. The third-order valence-electron chi connectivity index (χ3n) is 6.09. The summed E-state index contributed by atoms with van der Waals surface area (Å²) in [6, 6.07) is 15.7. The molecule has 6 nitrogen and oxygen atoms in total. The van der Waals surface area contributed by atoms with Gasteiger partial charge in [0, 0.05) is 45.0 Å². The Kier molecular flexibility index (Phi) is 6.04. The van der Waals surface area contributed by atoms with Crippen LogP contribution in [0.25, 0.3) is 0 Å². The van der Waals surface area contributed by atoms with E-state index in [2.05, 4.69) is 35.3 Å². The molecule has 0 spiro atoms. The van der Waals surface area contributed by atoms with Gasteiger partial charge in [0.25, 0.3) is 0 Å². The van der Waals surface area contributed by atoms with Crippen molar-refractivity contribution in [3.8, 4) is 0 Å². The Bertz CT molecular complexity index is 929. The van der Waals surface area contributed by atoms with Gasteiger partial charge < -0.3 is 15.1 Å². The zero-order chi connectivity index (χ0) is 21.1. The van der Waals surface area contributed by atoms with Gasteiger partial charge in [-0.05, 0) is 37.5 Å². The maximum atomic E-state index is 13.3. The average Bonchev–Trinajstić information content (AvgIpc) is 2.95. The molecule has 0 aliphatic carbocycles. The normalized spacial score (nSPS) is 19.9. The molecule has 0 aromatic heterocycles. The number of benzene rings is 2. The molecule has 30 heavy (non-hydrogen) atoms. The molecule has 0 saturated carbocycles. The molecule has 2 aliphatic rings. The van der Waals surface area contributed by atoms with E-state index < -0.39 is 0 Å². The molecule has 0 bridgehead atoms. The van der Waals surface area contributed by atoms with Crippen molar-refractivity contribution in [3.63, 3.8) is 0 Å². The van der Waals surface area contributed by atoms with Crippen LogP contribution in [0.2, 0.25) is 0 Å². The van der Waals surface area contributed by atoms with Crippen LogP contribution in [-0.4, -0.2) is 65.4 Å². The van der Waals surface area contributed by atoms with Crippen molar-refractivity contribution < 1.29 is 9.59 Å². The van der Waals surface area contributed by atoms with Crippen LogP contribution in [0.4, 0.5) is 10.5 Å². The van der Waals surface area contributed by atoms with Crippen LogP contribution in [0.5, 0.6) is 0 Å². The molecule has 3 amide bonds. The summed E-state index contributed by atoms with van der Waals surface area (Å²) in [6.07, 6.45) is 0.878. The minimum absolute atomic E-state index is 0.123. The summed E-state index contributed by atoms with van der Waals surface area (Å²) in [5, 5.41) is 3.02. The van der Waals surface area contributed by atoms with Crippen LogP contribution >= 0.6 is 0 Å². The molecular formula is C24H30N4O2.